The molecule has 0 bridgehead atoms. The van der Waals surface area contributed by atoms with Crippen LogP contribution >= 0.6 is 0 Å². The van der Waals surface area contributed by atoms with Gasteiger partial charge in [-0.15, -0.1) is 0 Å². The molecule has 3 rings (SSSR count). The van der Waals surface area contributed by atoms with Crippen LogP contribution in [0.3, 0.4) is 0 Å². The lowest BCUT2D eigenvalue weighted by Gasteiger charge is -2.11. The van der Waals surface area contributed by atoms with E-state index in [1.54, 1.807) is 0 Å². The van der Waals surface area contributed by atoms with Gasteiger partial charge in [0, 0.05) is 6.42 Å². The summed E-state index contributed by atoms with van der Waals surface area (Å²) in [6.45, 7) is 0.635. The van der Waals surface area contributed by atoms with Gasteiger partial charge in [-0.3, -0.25) is 0 Å². The highest BCUT2D eigenvalue weighted by atomic mass is 16.5. The van der Waals surface area contributed by atoms with Crippen molar-refractivity contribution in [1.29, 1.82) is 0 Å². The summed E-state index contributed by atoms with van der Waals surface area (Å²) in [5.74, 6) is 1.52. The van der Waals surface area contributed by atoms with Gasteiger partial charge in [-0.05, 0) is 61.3 Å². The Morgan fingerprint density at radius 2 is 2.06 bits per heavy atom. The van der Waals surface area contributed by atoms with Gasteiger partial charge in [0.25, 0.3) is 0 Å². The molecule has 2 heteroatoms. The Balaban J connectivity index is 1.51. The minimum Gasteiger partial charge on any atom is -0.493 e. The first-order valence-electron chi connectivity index (χ1n) is 6.75. The summed E-state index contributed by atoms with van der Waals surface area (Å²) in [4.78, 5) is 0. The number of hydrogen-bond acceptors (Lipinski definition) is 2. The highest BCUT2D eigenvalue weighted by Crippen LogP contribution is 2.34. The van der Waals surface area contributed by atoms with Crippen LogP contribution in [0.5, 0.6) is 5.75 Å². The van der Waals surface area contributed by atoms with Crippen molar-refractivity contribution in [3.05, 3.63) is 29.3 Å². The van der Waals surface area contributed by atoms with E-state index >= 15 is 0 Å². The smallest absolute Gasteiger partial charge is 0.119 e. The van der Waals surface area contributed by atoms with Gasteiger partial charge in [0.15, 0.2) is 0 Å². The minimum atomic E-state index is -0.149. The van der Waals surface area contributed by atoms with E-state index in [1.165, 1.54) is 43.2 Å². The van der Waals surface area contributed by atoms with Gasteiger partial charge in [0.2, 0.25) is 0 Å². The fourth-order valence-corrected chi connectivity index (χ4v) is 2.65. The van der Waals surface area contributed by atoms with Crippen molar-refractivity contribution in [3.63, 3.8) is 0 Å². The standard InChI is InChI=1S/C15H20O2/c16-15(12-4-5-12)8-9-17-14-7-6-11-2-1-3-13(11)10-14/h6-7,10,12,15-16H,1-5,8-9H2. The van der Waals surface area contributed by atoms with Gasteiger partial charge in [0.1, 0.15) is 5.75 Å². The van der Waals surface area contributed by atoms with Crippen molar-refractivity contribution < 1.29 is 9.84 Å². The molecule has 0 amide bonds. The molecule has 1 N–H and O–H groups in total. The second-order valence-corrected chi connectivity index (χ2v) is 5.33. The molecule has 1 aromatic carbocycles. The van der Waals surface area contributed by atoms with Crippen molar-refractivity contribution in [2.75, 3.05) is 6.61 Å². The number of ether oxygens (including phenoxy) is 1. The molecule has 0 saturated heterocycles. The molecule has 2 aliphatic rings. The van der Waals surface area contributed by atoms with Gasteiger partial charge in [-0.25, -0.2) is 0 Å². The summed E-state index contributed by atoms with van der Waals surface area (Å²) >= 11 is 0. The monoisotopic (exact) mass is 232 g/mol. The van der Waals surface area contributed by atoms with Crippen LogP contribution in [0.15, 0.2) is 18.2 Å². The van der Waals surface area contributed by atoms with Crippen LogP contribution in [0.4, 0.5) is 0 Å². The zero-order chi connectivity index (χ0) is 11.7. The topological polar surface area (TPSA) is 29.5 Å². The fraction of sp³-hybridized carbons (Fsp3) is 0.600. The summed E-state index contributed by atoms with van der Waals surface area (Å²) < 4.78 is 5.72. The first-order valence-corrected chi connectivity index (χ1v) is 6.75. The molecule has 17 heavy (non-hydrogen) atoms. The highest BCUT2D eigenvalue weighted by molar-refractivity contribution is 5.38. The van der Waals surface area contributed by atoms with Crippen molar-refractivity contribution in [3.8, 4) is 5.75 Å². The van der Waals surface area contributed by atoms with E-state index < -0.39 is 0 Å². The Morgan fingerprint density at radius 3 is 2.88 bits per heavy atom. The molecular formula is C15H20O2. The quantitative estimate of drug-likeness (QED) is 0.845. The third kappa shape index (κ3) is 2.63. The Kier molecular flexibility index (Phi) is 3.06. The lowest BCUT2D eigenvalue weighted by molar-refractivity contribution is 0.119. The molecular weight excluding hydrogens is 212 g/mol. The summed E-state index contributed by atoms with van der Waals surface area (Å²) in [5, 5.41) is 9.74. The molecule has 1 saturated carbocycles. The average molecular weight is 232 g/mol. The first-order chi connectivity index (χ1) is 8.33. The van der Waals surface area contributed by atoms with Gasteiger partial charge >= 0.3 is 0 Å². The molecule has 1 aromatic rings. The normalized spacial score (nSPS) is 20.1. The predicted octanol–water partition coefficient (Wildman–Crippen LogP) is 2.72. The zero-order valence-corrected chi connectivity index (χ0v) is 10.2. The second-order valence-electron chi connectivity index (χ2n) is 5.33. The first kappa shape index (κ1) is 11.1. The second kappa shape index (κ2) is 4.69. The fourth-order valence-electron chi connectivity index (χ4n) is 2.65. The van der Waals surface area contributed by atoms with E-state index in [-0.39, 0.29) is 6.10 Å². The highest BCUT2D eigenvalue weighted by Gasteiger charge is 2.29. The maximum Gasteiger partial charge on any atom is 0.119 e. The summed E-state index contributed by atoms with van der Waals surface area (Å²) in [6.07, 6.45) is 6.69. The summed E-state index contributed by atoms with van der Waals surface area (Å²) in [5.41, 5.74) is 2.93. The van der Waals surface area contributed by atoms with Crippen LogP contribution in [0.25, 0.3) is 0 Å². The number of benzene rings is 1. The molecule has 92 valence electrons. The molecule has 0 radical (unpaired) electrons. The molecule has 1 unspecified atom stereocenters. The number of fused-ring (bicyclic) bond motifs is 1. The third-order valence-electron chi connectivity index (χ3n) is 3.92. The number of aliphatic hydroxyl groups is 1. The van der Waals surface area contributed by atoms with E-state index in [2.05, 4.69) is 18.2 Å². The van der Waals surface area contributed by atoms with Crippen LogP contribution in [0.1, 0.15) is 36.8 Å². The van der Waals surface area contributed by atoms with Crippen LogP contribution in [0, 0.1) is 5.92 Å². The van der Waals surface area contributed by atoms with Crippen molar-refractivity contribution in [1.82, 2.24) is 0 Å². The van der Waals surface area contributed by atoms with Gasteiger partial charge in [-0.2, -0.15) is 0 Å². The van der Waals surface area contributed by atoms with Gasteiger partial charge in [-0.1, -0.05) is 6.07 Å². The van der Waals surface area contributed by atoms with Crippen LogP contribution < -0.4 is 4.74 Å². The Hall–Kier alpha value is -1.02. The van der Waals surface area contributed by atoms with Gasteiger partial charge in [0.05, 0.1) is 12.7 Å². The van der Waals surface area contributed by atoms with Crippen LogP contribution in [-0.4, -0.2) is 17.8 Å². The van der Waals surface area contributed by atoms with E-state index in [4.69, 9.17) is 4.74 Å². The SMILES string of the molecule is OC(CCOc1ccc2c(c1)CCC2)C1CC1. The lowest BCUT2D eigenvalue weighted by atomic mass is 10.1. The van der Waals surface area contributed by atoms with E-state index in [1.807, 2.05) is 0 Å². The van der Waals surface area contributed by atoms with Crippen molar-refractivity contribution in [2.24, 2.45) is 5.92 Å². The Morgan fingerprint density at radius 1 is 1.24 bits per heavy atom. The Bertz CT molecular complexity index is 396. The molecule has 2 aliphatic carbocycles. The molecule has 1 atom stereocenters. The number of hydrogen-bond donors (Lipinski definition) is 1. The molecule has 0 heterocycles. The maximum absolute atomic E-state index is 9.74. The summed E-state index contributed by atoms with van der Waals surface area (Å²) in [6, 6.07) is 6.43. The average Bonchev–Trinajstić information content (AvgIpc) is 3.08. The predicted molar refractivity (Wildman–Crippen MR) is 67.3 cm³/mol. The van der Waals surface area contributed by atoms with Crippen LogP contribution in [0.2, 0.25) is 0 Å². The minimum absolute atomic E-state index is 0.149. The molecule has 0 aromatic heterocycles. The van der Waals surface area contributed by atoms with E-state index in [9.17, 15) is 5.11 Å². The van der Waals surface area contributed by atoms with Crippen molar-refractivity contribution in [2.45, 2.75) is 44.6 Å². The number of aryl methyl sites for hydroxylation is 2. The van der Waals surface area contributed by atoms with Crippen LogP contribution in [-0.2, 0) is 12.8 Å². The largest absolute Gasteiger partial charge is 0.493 e. The molecule has 0 spiro atoms. The van der Waals surface area contributed by atoms with Gasteiger partial charge < -0.3 is 9.84 Å². The van der Waals surface area contributed by atoms with E-state index in [0.29, 0.717) is 12.5 Å². The lowest BCUT2D eigenvalue weighted by Crippen LogP contribution is -2.13. The third-order valence-corrected chi connectivity index (χ3v) is 3.92. The molecule has 2 nitrogen and oxygen atoms in total. The van der Waals surface area contributed by atoms with E-state index in [0.717, 1.165) is 12.2 Å². The molecule has 1 fully saturated rings. The summed E-state index contributed by atoms with van der Waals surface area (Å²) in [7, 11) is 0. The van der Waals surface area contributed by atoms with Crippen molar-refractivity contribution >= 4 is 0 Å². The molecule has 0 aliphatic heterocycles. The zero-order valence-electron chi connectivity index (χ0n) is 10.2. The number of aliphatic hydroxyl groups excluding tert-OH is 1. The number of rotatable bonds is 5. The Labute approximate surface area is 103 Å². The maximum atomic E-state index is 9.74.